The molecule has 24 heavy (non-hydrogen) atoms. The fourth-order valence-electron chi connectivity index (χ4n) is 2.41. The van der Waals surface area contributed by atoms with Crippen LogP contribution in [0.25, 0.3) is 0 Å². The SMILES string of the molecule is CCNC(=NCCN1CCCS1(=O)=O)NCCSc1ccccc1. The van der Waals surface area contributed by atoms with Crippen molar-refractivity contribution in [1.29, 1.82) is 0 Å². The van der Waals surface area contributed by atoms with E-state index in [9.17, 15) is 8.42 Å². The van der Waals surface area contributed by atoms with Crippen molar-refractivity contribution in [3.05, 3.63) is 30.3 Å². The van der Waals surface area contributed by atoms with Gasteiger partial charge in [0.25, 0.3) is 0 Å². The van der Waals surface area contributed by atoms with Crippen LogP contribution >= 0.6 is 11.8 Å². The molecule has 134 valence electrons. The normalized spacial score (nSPS) is 17.8. The Morgan fingerprint density at radius 1 is 1.29 bits per heavy atom. The maximum atomic E-state index is 11.8. The lowest BCUT2D eigenvalue weighted by Crippen LogP contribution is -2.39. The van der Waals surface area contributed by atoms with Crippen LogP contribution in [0.2, 0.25) is 0 Å². The van der Waals surface area contributed by atoms with Crippen LogP contribution in [0.4, 0.5) is 0 Å². The van der Waals surface area contributed by atoms with E-state index in [4.69, 9.17) is 0 Å². The van der Waals surface area contributed by atoms with Crippen molar-refractivity contribution in [2.45, 2.75) is 18.2 Å². The number of thioether (sulfide) groups is 1. The quantitative estimate of drug-likeness (QED) is 0.313. The van der Waals surface area contributed by atoms with E-state index < -0.39 is 10.0 Å². The van der Waals surface area contributed by atoms with Crippen molar-refractivity contribution in [1.82, 2.24) is 14.9 Å². The summed E-state index contributed by atoms with van der Waals surface area (Å²) in [5.41, 5.74) is 0. The van der Waals surface area contributed by atoms with Crippen molar-refractivity contribution in [3.63, 3.8) is 0 Å². The number of hydrogen-bond acceptors (Lipinski definition) is 4. The molecule has 0 bridgehead atoms. The van der Waals surface area contributed by atoms with Gasteiger partial charge < -0.3 is 10.6 Å². The molecule has 1 aromatic carbocycles. The summed E-state index contributed by atoms with van der Waals surface area (Å²) in [5, 5.41) is 6.48. The van der Waals surface area contributed by atoms with Crippen LogP contribution in [-0.2, 0) is 10.0 Å². The van der Waals surface area contributed by atoms with Gasteiger partial charge in [0.2, 0.25) is 10.0 Å². The van der Waals surface area contributed by atoms with E-state index in [0.717, 1.165) is 31.2 Å². The zero-order valence-electron chi connectivity index (χ0n) is 14.1. The highest BCUT2D eigenvalue weighted by Crippen LogP contribution is 2.15. The van der Waals surface area contributed by atoms with Gasteiger partial charge in [-0.3, -0.25) is 4.99 Å². The Labute approximate surface area is 149 Å². The number of nitrogens with one attached hydrogen (secondary N) is 2. The first kappa shape index (κ1) is 19.1. The zero-order valence-corrected chi connectivity index (χ0v) is 15.7. The molecule has 0 aromatic heterocycles. The molecule has 0 atom stereocenters. The van der Waals surface area contributed by atoms with Gasteiger partial charge in [0.05, 0.1) is 12.3 Å². The fourth-order valence-corrected chi connectivity index (χ4v) is 4.72. The molecule has 1 aromatic rings. The Kier molecular flexibility index (Phi) is 7.87. The van der Waals surface area contributed by atoms with Gasteiger partial charge in [0, 0.05) is 36.8 Å². The molecule has 1 fully saturated rings. The van der Waals surface area contributed by atoms with E-state index in [-0.39, 0.29) is 5.75 Å². The molecule has 0 aliphatic carbocycles. The van der Waals surface area contributed by atoms with Crippen molar-refractivity contribution in [2.75, 3.05) is 44.2 Å². The summed E-state index contributed by atoms with van der Waals surface area (Å²) in [6.07, 6.45) is 0.723. The molecule has 1 heterocycles. The summed E-state index contributed by atoms with van der Waals surface area (Å²) < 4.78 is 25.0. The van der Waals surface area contributed by atoms with Crippen LogP contribution < -0.4 is 10.6 Å². The third-order valence-electron chi connectivity index (χ3n) is 3.57. The Hall–Kier alpha value is -1.25. The van der Waals surface area contributed by atoms with Gasteiger partial charge in [0.1, 0.15) is 0 Å². The first-order chi connectivity index (χ1) is 11.6. The van der Waals surface area contributed by atoms with Crippen LogP contribution in [0.3, 0.4) is 0 Å². The van der Waals surface area contributed by atoms with Crippen LogP contribution in [0.1, 0.15) is 13.3 Å². The van der Waals surface area contributed by atoms with E-state index in [0.29, 0.717) is 19.6 Å². The smallest absolute Gasteiger partial charge is 0.214 e. The second-order valence-corrected chi connectivity index (χ2v) is 8.67. The number of nitrogens with zero attached hydrogens (tertiary/aromatic N) is 2. The molecule has 2 rings (SSSR count). The average molecular weight is 371 g/mol. The minimum absolute atomic E-state index is 0.270. The van der Waals surface area contributed by atoms with Crippen molar-refractivity contribution < 1.29 is 8.42 Å². The van der Waals surface area contributed by atoms with E-state index >= 15 is 0 Å². The minimum Gasteiger partial charge on any atom is -0.357 e. The summed E-state index contributed by atoms with van der Waals surface area (Å²) >= 11 is 1.79. The number of hydrogen-bond donors (Lipinski definition) is 2. The average Bonchev–Trinajstić information content (AvgIpc) is 2.91. The maximum absolute atomic E-state index is 11.8. The first-order valence-corrected chi connectivity index (χ1v) is 10.9. The number of benzene rings is 1. The number of aliphatic imine (C=N–C) groups is 1. The van der Waals surface area contributed by atoms with Crippen molar-refractivity contribution in [2.24, 2.45) is 4.99 Å². The van der Waals surface area contributed by atoms with E-state index in [1.54, 1.807) is 11.8 Å². The van der Waals surface area contributed by atoms with Crippen LogP contribution in [0.5, 0.6) is 0 Å². The molecular formula is C16H26N4O2S2. The molecule has 0 radical (unpaired) electrons. The lowest BCUT2D eigenvalue weighted by Gasteiger charge is -2.14. The molecule has 6 nitrogen and oxygen atoms in total. The summed E-state index contributed by atoms with van der Waals surface area (Å²) in [6, 6.07) is 10.3. The minimum atomic E-state index is -3.03. The van der Waals surface area contributed by atoms with Gasteiger partial charge in [-0.25, -0.2) is 12.7 Å². The molecule has 8 heteroatoms. The third kappa shape index (κ3) is 6.33. The lowest BCUT2D eigenvalue weighted by atomic mass is 10.4. The predicted octanol–water partition coefficient (Wildman–Crippen LogP) is 1.37. The second kappa shape index (κ2) is 9.90. The number of rotatable bonds is 8. The second-order valence-electron chi connectivity index (χ2n) is 5.42. The van der Waals surface area contributed by atoms with E-state index in [1.165, 1.54) is 9.20 Å². The predicted molar refractivity (Wildman–Crippen MR) is 101 cm³/mol. The van der Waals surface area contributed by atoms with Gasteiger partial charge in [-0.2, -0.15) is 0 Å². The molecule has 2 N–H and O–H groups in total. The largest absolute Gasteiger partial charge is 0.357 e. The van der Waals surface area contributed by atoms with Gasteiger partial charge in [-0.05, 0) is 25.5 Å². The lowest BCUT2D eigenvalue weighted by molar-refractivity contribution is 0.452. The van der Waals surface area contributed by atoms with E-state index in [2.05, 4.69) is 27.8 Å². The Bertz CT molecular complexity index is 620. The monoisotopic (exact) mass is 370 g/mol. The van der Waals surface area contributed by atoms with Gasteiger partial charge >= 0.3 is 0 Å². The maximum Gasteiger partial charge on any atom is 0.214 e. The Morgan fingerprint density at radius 3 is 2.75 bits per heavy atom. The zero-order chi connectivity index (χ0) is 17.3. The van der Waals surface area contributed by atoms with Crippen molar-refractivity contribution in [3.8, 4) is 0 Å². The molecule has 1 aliphatic heterocycles. The summed E-state index contributed by atoms with van der Waals surface area (Å²) in [5.74, 6) is 1.95. The molecule has 0 unspecified atom stereocenters. The highest BCUT2D eigenvalue weighted by atomic mass is 32.2. The molecule has 1 aliphatic rings. The van der Waals surface area contributed by atoms with E-state index in [1.807, 2.05) is 25.1 Å². The molecular weight excluding hydrogens is 344 g/mol. The molecule has 0 amide bonds. The highest BCUT2D eigenvalue weighted by molar-refractivity contribution is 7.99. The number of sulfonamides is 1. The summed E-state index contributed by atoms with van der Waals surface area (Å²) in [7, 11) is -3.03. The van der Waals surface area contributed by atoms with Crippen molar-refractivity contribution >= 4 is 27.7 Å². The molecule has 1 saturated heterocycles. The molecule has 0 saturated carbocycles. The summed E-state index contributed by atoms with van der Waals surface area (Å²) in [4.78, 5) is 5.72. The first-order valence-electron chi connectivity index (χ1n) is 8.29. The van der Waals surface area contributed by atoms with Gasteiger partial charge in [0.15, 0.2) is 5.96 Å². The third-order valence-corrected chi connectivity index (χ3v) is 6.54. The van der Waals surface area contributed by atoms with Gasteiger partial charge in [-0.15, -0.1) is 11.8 Å². The topological polar surface area (TPSA) is 73.8 Å². The Morgan fingerprint density at radius 2 is 2.08 bits per heavy atom. The molecule has 0 spiro atoms. The number of guanidine groups is 1. The highest BCUT2D eigenvalue weighted by Gasteiger charge is 2.27. The van der Waals surface area contributed by atoms with Crippen LogP contribution in [0, 0.1) is 0 Å². The summed E-state index contributed by atoms with van der Waals surface area (Å²) in [6.45, 7) is 5.14. The van der Waals surface area contributed by atoms with Crippen LogP contribution in [-0.4, -0.2) is 62.9 Å². The Balaban J connectivity index is 1.72. The fraction of sp³-hybridized carbons (Fsp3) is 0.562. The van der Waals surface area contributed by atoms with Gasteiger partial charge in [-0.1, -0.05) is 18.2 Å². The standard InChI is InChI=1S/C16H26N4O2S2/c1-2-17-16(18-9-12-20-11-6-14-24(20,21)22)19-10-13-23-15-7-4-3-5-8-15/h3-5,7-8H,2,6,9-14H2,1H3,(H2,17,18,19). The van der Waals surface area contributed by atoms with Crippen LogP contribution in [0.15, 0.2) is 40.2 Å².